The van der Waals surface area contributed by atoms with Gasteiger partial charge in [0.15, 0.2) is 0 Å². The van der Waals surface area contributed by atoms with Gasteiger partial charge in [-0.2, -0.15) is 3.89 Å². The standard InChI is InChI=1S/3C26H18Cl4FNO4.CH3FS/c3*27-16-2-1-3-17(28)23(16)25(33)32-20(26(34)35)7-11-4-5-14(22-18(29)8-13(31)9-19(22)30)24-21(11)15-6-12(15)10-36-24;1-3-2/h3*1-5,8-9,12,15,20H,6-7,10H2,(H,32,33)(H,34,35);1H3/t12?,15?,20-;12-,15-,20+;12-,15-,20-;/m010./s1. The summed E-state index contributed by atoms with van der Waals surface area (Å²) in [5, 5.41) is 38.9. The second-order valence-corrected chi connectivity index (χ2v) is 31.9. The number of carbonyl (C=O) groups excluding carboxylic acids is 3. The number of carbonyl (C=O) groups is 6. The molecule has 0 bridgehead atoms. The first-order chi connectivity index (χ1) is 52.9. The van der Waals surface area contributed by atoms with E-state index in [1.54, 1.807) is 54.6 Å². The number of rotatable bonds is 18. The highest BCUT2D eigenvalue weighted by Crippen LogP contribution is 2.61. The van der Waals surface area contributed by atoms with Gasteiger partial charge in [-0.3, -0.25) is 14.4 Å². The smallest absolute Gasteiger partial charge is 0.326 e. The summed E-state index contributed by atoms with van der Waals surface area (Å²) in [6.07, 6.45) is 4.07. The van der Waals surface area contributed by atoms with Crippen LogP contribution in [0.3, 0.4) is 0 Å². The molecule has 6 N–H and O–H groups in total. The number of fused-ring (bicyclic) bond motifs is 9. The van der Waals surface area contributed by atoms with Crippen molar-refractivity contribution in [2.24, 2.45) is 17.8 Å². The Hall–Kier alpha value is -7.25. The number of nitrogens with one attached hydrogen (secondary N) is 3. The van der Waals surface area contributed by atoms with Crippen molar-refractivity contribution < 1.29 is 75.4 Å². The average molecular weight is 1770 g/mol. The zero-order valence-electron chi connectivity index (χ0n) is 57.2. The number of hydrogen-bond acceptors (Lipinski definition) is 10. The van der Waals surface area contributed by atoms with Gasteiger partial charge in [0, 0.05) is 105 Å². The molecule has 3 fully saturated rings. The van der Waals surface area contributed by atoms with Crippen molar-refractivity contribution in [3.8, 4) is 50.6 Å². The zero-order valence-corrected chi connectivity index (χ0v) is 67.0. The van der Waals surface area contributed by atoms with Gasteiger partial charge < -0.3 is 45.5 Å². The van der Waals surface area contributed by atoms with Crippen LogP contribution in [0, 0.1) is 35.2 Å². The van der Waals surface area contributed by atoms with Crippen LogP contribution in [-0.2, 0) is 33.6 Å². The summed E-state index contributed by atoms with van der Waals surface area (Å²) in [7, 11) is 0. The molecule has 3 saturated carbocycles. The summed E-state index contributed by atoms with van der Waals surface area (Å²) in [5.74, 6) is -4.18. The van der Waals surface area contributed by atoms with E-state index in [0.717, 1.165) is 36.0 Å². The molecule has 0 spiro atoms. The van der Waals surface area contributed by atoms with E-state index < -0.39 is 71.2 Å². The lowest BCUT2D eigenvalue weighted by molar-refractivity contribution is -0.140. The number of halogens is 16. The molecular weight excluding hydrogens is 1720 g/mol. The van der Waals surface area contributed by atoms with Gasteiger partial charge in [0.2, 0.25) is 0 Å². The van der Waals surface area contributed by atoms with Crippen LogP contribution in [-0.4, -0.2) is 95.2 Å². The highest BCUT2D eigenvalue weighted by molar-refractivity contribution is 7.93. The van der Waals surface area contributed by atoms with Crippen molar-refractivity contribution in [2.75, 3.05) is 26.1 Å². The third-order valence-electron chi connectivity index (χ3n) is 19.5. The lowest BCUT2D eigenvalue weighted by Crippen LogP contribution is -2.42. The van der Waals surface area contributed by atoms with Crippen molar-refractivity contribution in [3.63, 3.8) is 0 Å². The van der Waals surface area contributed by atoms with Crippen molar-refractivity contribution in [1.82, 2.24) is 16.0 Å². The number of ether oxygens (including phenoxy) is 3. The molecule has 0 saturated heterocycles. The number of benzene rings is 9. The monoisotopic (exact) mass is 1770 g/mol. The molecule has 15 nitrogen and oxygen atoms in total. The topological polar surface area (TPSA) is 227 Å². The summed E-state index contributed by atoms with van der Waals surface area (Å²) in [4.78, 5) is 75.0. The second kappa shape index (κ2) is 35.2. The Bertz CT molecular complexity index is 4650. The van der Waals surface area contributed by atoms with Gasteiger partial charge in [0.25, 0.3) is 17.7 Å². The van der Waals surface area contributed by atoms with Gasteiger partial charge in [-0.15, -0.1) is 0 Å². The second-order valence-electron chi connectivity index (χ2n) is 26.7. The van der Waals surface area contributed by atoms with E-state index >= 15 is 0 Å². The Kier molecular flexibility index (Phi) is 26.4. The summed E-state index contributed by atoms with van der Waals surface area (Å²) in [6.45, 7) is 1.53. The van der Waals surface area contributed by atoms with Crippen LogP contribution >= 0.6 is 151 Å². The van der Waals surface area contributed by atoms with E-state index in [0.29, 0.717) is 105 Å². The average Bonchev–Trinajstić information content (AvgIpc) is 1.53. The number of amides is 3. The third kappa shape index (κ3) is 18.3. The molecule has 2 unspecified atom stereocenters. The first-order valence-electron chi connectivity index (χ1n) is 33.8. The fraction of sp³-hybridized carbons (Fsp3) is 0.241. The van der Waals surface area contributed by atoms with E-state index in [1.807, 2.05) is 0 Å². The maximum Gasteiger partial charge on any atom is 0.326 e. The van der Waals surface area contributed by atoms with E-state index in [-0.39, 0.29) is 126 Å². The minimum atomic E-state index is -1.25. The molecule has 32 heteroatoms. The van der Waals surface area contributed by atoms with Gasteiger partial charge in [0.05, 0.1) is 96.8 Å². The lowest BCUT2D eigenvalue weighted by atomic mass is 9.89. The van der Waals surface area contributed by atoms with Gasteiger partial charge in [-0.25, -0.2) is 27.6 Å². The Morgan fingerprint density at radius 1 is 0.387 bits per heavy atom. The molecule has 0 radical (unpaired) electrons. The minimum Gasteiger partial charge on any atom is -0.492 e. The van der Waals surface area contributed by atoms with E-state index in [4.69, 9.17) is 153 Å². The first-order valence-corrected chi connectivity index (χ1v) is 39.4. The Morgan fingerprint density at radius 2 is 0.604 bits per heavy atom. The molecular formula is C79H57Cl12F4N3O12S. The quantitative estimate of drug-likeness (QED) is 0.0440. The largest absolute Gasteiger partial charge is 0.492 e. The molecule has 15 rings (SSSR count). The van der Waals surface area contributed by atoms with Gasteiger partial charge in [-0.05, 0) is 127 Å². The van der Waals surface area contributed by atoms with Crippen LogP contribution in [0.1, 0.15) is 101 Å². The molecule has 111 heavy (non-hydrogen) atoms. The molecule has 3 aliphatic heterocycles. The van der Waals surface area contributed by atoms with Crippen molar-refractivity contribution in [2.45, 2.75) is 74.4 Å². The van der Waals surface area contributed by atoms with E-state index in [9.17, 15) is 61.1 Å². The van der Waals surface area contributed by atoms with Crippen LogP contribution < -0.4 is 30.2 Å². The van der Waals surface area contributed by atoms with E-state index in [1.165, 1.54) is 79.1 Å². The molecule has 3 heterocycles. The minimum absolute atomic E-state index is 0.00319. The highest BCUT2D eigenvalue weighted by Gasteiger charge is 2.49. The van der Waals surface area contributed by atoms with Crippen molar-refractivity contribution in [1.29, 1.82) is 0 Å². The third-order valence-corrected chi connectivity index (χ3v) is 23.2. The molecule has 9 aromatic rings. The Labute approximate surface area is 696 Å². The predicted octanol–water partition coefficient (Wildman–Crippen LogP) is 22.3. The van der Waals surface area contributed by atoms with Crippen LogP contribution in [0.25, 0.3) is 33.4 Å². The normalized spacial score (nSPS) is 18.1. The zero-order chi connectivity index (χ0) is 79.9. The van der Waals surface area contributed by atoms with Crippen molar-refractivity contribution in [3.05, 3.63) is 255 Å². The van der Waals surface area contributed by atoms with Crippen LogP contribution in [0.5, 0.6) is 17.2 Å². The fourth-order valence-electron chi connectivity index (χ4n) is 14.2. The summed E-state index contributed by atoms with van der Waals surface area (Å²) < 4.78 is 69.8. The number of hydrogen-bond donors (Lipinski definition) is 6. The summed E-state index contributed by atoms with van der Waals surface area (Å²) >= 11 is 75.0. The molecule has 3 amide bonds. The molecule has 0 aromatic heterocycles. The maximum atomic E-state index is 13.8. The number of aliphatic carboxylic acids is 3. The van der Waals surface area contributed by atoms with Crippen molar-refractivity contribution >= 4 is 187 Å². The number of carboxylic acids is 3. The first kappa shape index (κ1) is 83.2. The Balaban J connectivity index is 0.000000152. The highest BCUT2D eigenvalue weighted by atomic mass is 35.5. The van der Waals surface area contributed by atoms with Gasteiger partial charge in [0.1, 0.15) is 52.8 Å². The Morgan fingerprint density at radius 3 is 0.811 bits per heavy atom. The SMILES string of the molecule is CSF.O=C(N[C@@H](Cc1ccc(-c2c(Cl)cc(F)cc2Cl)c2c1C1CC1CO2)C(=O)O)c1c(Cl)cccc1Cl.O=C(N[C@@H](Cc1ccc(-c2c(Cl)cc(F)cc2Cl)c2c1[C@@H]1C[C@@H]1CO2)C(=O)O)c1c(Cl)cccc1Cl.O=C(N[C@@H](Cc1ccc(-c2c(Cl)cc(F)cc2Cl)c2c1[C@H]1C[C@H]1CO2)C(=O)O)c1c(Cl)cccc1Cl. The molecule has 578 valence electrons. The predicted molar refractivity (Wildman–Crippen MR) is 426 cm³/mol. The van der Waals surface area contributed by atoms with Gasteiger partial charge in [-0.1, -0.05) is 194 Å². The van der Waals surface area contributed by atoms with Crippen LogP contribution in [0.4, 0.5) is 17.1 Å². The lowest BCUT2D eigenvalue weighted by Gasteiger charge is -2.25. The maximum absolute atomic E-state index is 13.8. The fourth-order valence-corrected chi connectivity index (χ4v) is 17.9. The van der Waals surface area contributed by atoms with Gasteiger partial charge >= 0.3 is 17.9 Å². The summed E-state index contributed by atoms with van der Waals surface area (Å²) in [5.41, 5.74) is 7.89. The molecule has 3 aliphatic carbocycles. The van der Waals surface area contributed by atoms with Crippen LogP contribution in [0.2, 0.25) is 60.3 Å². The molecule has 9 aromatic carbocycles. The number of carboxylic acid groups (broad SMARTS) is 3. The van der Waals surface area contributed by atoms with E-state index in [2.05, 4.69) is 16.0 Å². The summed E-state index contributed by atoms with van der Waals surface area (Å²) in [6, 6.07) is 27.7. The van der Waals surface area contributed by atoms with Crippen LogP contribution in [0.15, 0.2) is 127 Å². The molecule has 6 aliphatic rings. The molecule has 9 atom stereocenters.